The fraction of sp³-hybridized carbons (Fsp3) is 0.261. The molecule has 0 amide bonds. The molecule has 0 N–H and O–H groups in total. The molecule has 0 radical (unpaired) electrons. The number of rotatable bonds is 5. The van der Waals surface area contributed by atoms with Crippen molar-refractivity contribution in [3.63, 3.8) is 0 Å². The molecule has 0 bridgehead atoms. The summed E-state index contributed by atoms with van der Waals surface area (Å²) in [6.45, 7) is 6.99. The maximum absolute atomic E-state index is 12.4. The molecule has 1 fully saturated rings. The number of carbonyl (C=O) groups excluding carboxylic acids is 3. The van der Waals surface area contributed by atoms with Crippen LogP contribution in [0.15, 0.2) is 48.0 Å². The molecule has 0 saturated carbocycles. The lowest BCUT2D eigenvalue weighted by Crippen LogP contribution is -2.41. The van der Waals surface area contributed by atoms with Gasteiger partial charge in [-0.15, -0.1) is 0 Å². The van der Waals surface area contributed by atoms with Crippen molar-refractivity contribution in [2.45, 2.75) is 33.5 Å². The second-order valence-corrected chi connectivity index (χ2v) is 7.13. The molecule has 2 aromatic rings. The fourth-order valence-electron chi connectivity index (χ4n) is 2.76. The molecule has 2 aromatic carbocycles. The molecule has 0 spiro atoms. The van der Waals surface area contributed by atoms with Gasteiger partial charge in [-0.25, -0.2) is 14.4 Å². The van der Waals surface area contributed by atoms with E-state index in [1.165, 1.54) is 26.0 Å². The topological polar surface area (TPSA) is 88.1 Å². The van der Waals surface area contributed by atoms with E-state index < -0.39 is 23.7 Å². The average molecular weight is 410 g/mol. The van der Waals surface area contributed by atoms with Crippen LogP contribution in [0, 0.1) is 6.92 Å². The van der Waals surface area contributed by atoms with Gasteiger partial charge in [0.15, 0.2) is 11.5 Å². The molecule has 7 heteroatoms. The van der Waals surface area contributed by atoms with Crippen LogP contribution >= 0.6 is 0 Å². The van der Waals surface area contributed by atoms with E-state index in [4.69, 9.17) is 18.9 Å². The van der Waals surface area contributed by atoms with Gasteiger partial charge in [0.25, 0.3) is 5.79 Å². The highest BCUT2D eigenvalue weighted by molar-refractivity contribution is 6.18. The van der Waals surface area contributed by atoms with E-state index in [0.29, 0.717) is 23.5 Å². The van der Waals surface area contributed by atoms with E-state index in [0.717, 1.165) is 5.56 Å². The maximum Gasteiger partial charge on any atom is 0.348 e. The van der Waals surface area contributed by atoms with Crippen LogP contribution in [0.3, 0.4) is 0 Å². The molecular formula is C23H22O7. The van der Waals surface area contributed by atoms with Crippen LogP contribution in [0.5, 0.6) is 11.5 Å². The fourth-order valence-corrected chi connectivity index (χ4v) is 2.76. The number of hydrogen-bond acceptors (Lipinski definition) is 7. The van der Waals surface area contributed by atoms with Crippen molar-refractivity contribution in [3.8, 4) is 11.5 Å². The predicted octanol–water partition coefficient (Wildman–Crippen LogP) is 3.83. The van der Waals surface area contributed by atoms with Crippen LogP contribution in [-0.2, 0) is 19.1 Å². The Hall–Kier alpha value is -3.61. The van der Waals surface area contributed by atoms with E-state index in [1.54, 1.807) is 31.2 Å². The Morgan fingerprint density at radius 1 is 1.00 bits per heavy atom. The number of aryl methyl sites for hydroxylation is 1. The van der Waals surface area contributed by atoms with E-state index in [1.807, 2.05) is 19.1 Å². The van der Waals surface area contributed by atoms with Crippen LogP contribution < -0.4 is 9.47 Å². The number of esters is 3. The quantitative estimate of drug-likeness (QED) is 0.320. The van der Waals surface area contributed by atoms with E-state index >= 15 is 0 Å². The van der Waals surface area contributed by atoms with Crippen LogP contribution in [0.25, 0.3) is 6.08 Å². The van der Waals surface area contributed by atoms with Crippen molar-refractivity contribution in [1.82, 2.24) is 0 Å². The molecule has 7 nitrogen and oxygen atoms in total. The van der Waals surface area contributed by atoms with Crippen molar-refractivity contribution in [2.75, 3.05) is 6.61 Å². The van der Waals surface area contributed by atoms with Gasteiger partial charge in [0.1, 0.15) is 5.57 Å². The molecule has 3 rings (SSSR count). The highest BCUT2D eigenvalue weighted by Gasteiger charge is 2.38. The monoisotopic (exact) mass is 410 g/mol. The second kappa shape index (κ2) is 8.41. The Morgan fingerprint density at radius 2 is 1.63 bits per heavy atom. The van der Waals surface area contributed by atoms with Crippen molar-refractivity contribution < 1.29 is 33.3 Å². The van der Waals surface area contributed by atoms with Gasteiger partial charge in [-0.3, -0.25) is 0 Å². The summed E-state index contributed by atoms with van der Waals surface area (Å²) in [5.41, 5.74) is 1.69. The average Bonchev–Trinajstić information content (AvgIpc) is 2.66. The molecule has 1 aliphatic rings. The lowest BCUT2D eigenvalue weighted by atomic mass is 10.1. The van der Waals surface area contributed by atoms with Gasteiger partial charge in [-0.1, -0.05) is 23.8 Å². The summed E-state index contributed by atoms with van der Waals surface area (Å²) in [6, 6.07) is 11.7. The molecule has 156 valence electrons. The normalized spacial score (nSPS) is 15.1. The summed E-state index contributed by atoms with van der Waals surface area (Å²) < 4.78 is 21.2. The van der Waals surface area contributed by atoms with Crippen LogP contribution in [0.2, 0.25) is 0 Å². The van der Waals surface area contributed by atoms with E-state index in [9.17, 15) is 14.4 Å². The Labute approximate surface area is 174 Å². The lowest BCUT2D eigenvalue weighted by Gasteiger charge is -2.29. The van der Waals surface area contributed by atoms with Gasteiger partial charge in [-0.2, -0.15) is 0 Å². The maximum atomic E-state index is 12.4. The number of cyclic esters (lactones) is 2. The minimum Gasteiger partial charge on any atom is -0.490 e. The third-order valence-electron chi connectivity index (χ3n) is 4.19. The Morgan fingerprint density at radius 3 is 2.23 bits per heavy atom. The van der Waals surface area contributed by atoms with Gasteiger partial charge >= 0.3 is 17.9 Å². The molecule has 1 heterocycles. The smallest absolute Gasteiger partial charge is 0.348 e. The van der Waals surface area contributed by atoms with Gasteiger partial charge in [0, 0.05) is 13.8 Å². The minimum absolute atomic E-state index is 0.222. The van der Waals surface area contributed by atoms with Crippen LogP contribution in [0.1, 0.15) is 42.3 Å². The molecule has 0 unspecified atom stereocenters. The lowest BCUT2D eigenvalue weighted by molar-refractivity contribution is -0.222. The summed E-state index contributed by atoms with van der Waals surface area (Å²) in [4.78, 5) is 36.7. The summed E-state index contributed by atoms with van der Waals surface area (Å²) >= 11 is 0. The molecule has 1 saturated heterocycles. The summed E-state index contributed by atoms with van der Waals surface area (Å²) in [7, 11) is 0. The van der Waals surface area contributed by atoms with Crippen molar-refractivity contribution in [3.05, 3.63) is 64.7 Å². The molecule has 0 aliphatic carbocycles. The highest BCUT2D eigenvalue weighted by atomic mass is 16.7. The summed E-state index contributed by atoms with van der Waals surface area (Å²) in [5, 5.41) is 0. The summed E-state index contributed by atoms with van der Waals surface area (Å²) in [5.74, 6) is -2.86. The largest absolute Gasteiger partial charge is 0.490 e. The van der Waals surface area contributed by atoms with Crippen LogP contribution in [-0.4, -0.2) is 30.3 Å². The summed E-state index contributed by atoms with van der Waals surface area (Å²) in [6.07, 6.45) is 1.34. The van der Waals surface area contributed by atoms with Gasteiger partial charge < -0.3 is 18.9 Å². The molecule has 1 aliphatic heterocycles. The zero-order chi connectivity index (χ0) is 21.9. The Kier molecular flexibility index (Phi) is 5.91. The van der Waals surface area contributed by atoms with Crippen LogP contribution in [0.4, 0.5) is 0 Å². The first-order chi connectivity index (χ1) is 14.2. The van der Waals surface area contributed by atoms with Gasteiger partial charge in [0.05, 0.1) is 12.2 Å². The molecule has 30 heavy (non-hydrogen) atoms. The number of ether oxygens (including phenoxy) is 4. The van der Waals surface area contributed by atoms with E-state index in [-0.39, 0.29) is 11.3 Å². The number of benzene rings is 2. The second-order valence-electron chi connectivity index (χ2n) is 7.13. The predicted molar refractivity (Wildman–Crippen MR) is 108 cm³/mol. The van der Waals surface area contributed by atoms with Gasteiger partial charge in [0.2, 0.25) is 0 Å². The first-order valence-electron chi connectivity index (χ1n) is 9.42. The molecular weight excluding hydrogens is 388 g/mol. The SMILES string of the molecule is CCOc1cc(C=C2C(=O)OC(C)(C)OC2=O)ccc1OC(=O)c1ccc(C)cc1. The third kappa shape index (κ3) is 4.86. The first-order valence-corrected chi connectivity index (χ1v) is 9.42. The minimum atomic E-state index is -1.31. The zero-order valence-corrected chi connectivity index (χ0v) is 17.2. The van der Waals surface area contributed by atoms with Crippen molar-refractivity contribution in [1.29, 1.82) is 0 Å². The highest BCUT2D eigenvalue weighted by Crippen LogP contribution is 2.31. The van der Waals surface area contributed by atoms with Gasteiger partial charge in [-0.05, 0) is 49.8 Å². The molecule has 0 aromatic heterocycles. The van der Waals surface area contributed by atoms with E-state index in [2.05, 4.69) is 0 Å². The van der Waals surface area contributed by atoms with Crippen molar-refractivity contribution in [2.24, 2.45) is 0 Å². The molecule has 0 atom stereocenters. The number of hydrogen-bond donors (Lipinski definition) is 0. The Bertz CT molecular complexity index is 994. The Balaban J connectivity index is 1.86. The first kappa shape index (κ1) is 21.1. The van der Waals surface area contributed by atoms with Crippen molar-refractivity contribution >= 4 is 24.0 Å². The third-order valence-corrected chi connectivity index (χ3v) is 4.19. The number of carbonyl (C=O) groups is 3. The zero-order valence-electron chi connectivity index (χ0n) is 17.2. The standard InChI is InChI=1S/C23H22O7/c1-5-27-19-13-15(12-17-21(25)29-23(3,4)30-22(17)26)8-11-18(19)28-20(24)16-9-6-14(2)7-10-16/h6-13H,5H2,1-4H3.